The zero-order valence-corrected chi connectivity index (χ0v) is 7.21. The van der Waals surface area contributed by atoms with Gasteiger partial charge in [0.1, 0.15) is 0 Å². The first-order valence-corrected chi connectivity index (χ1v) is 4.02. The highest BCUT2D eigenvalue weighted by atomic mass is 16.5. The van der Waals surface area contributed by atoms with Crippen molar-refractivity contribution in [2.45, 2.75) is 0 Å². The van der Waals surface area contributed by atoms with Gasteiger partial charge >= 0.3 is 0 Å². The minimum atomic E-state index is 0.325. The highest BCUT2D eigenvalue weighted by Crippen LogP contribution is 2.27. The van der Waals surface area contributed by atoms with Crippen molar-refractivity contribution in [2.75, 3.05) is 0 Å². The average Bonchev–Trinajstić information content (AvgIpc) is 2.68. The molecule has 4 nitrogen and oxygen atoms in total. The van der Waals surface area contributed by atoms with Gasteiger partial charge in [0.15, 0.2) is 17.7 Å². The highest BCUT2D eigenvalue weighted by Gasteiger charge is 2.10. The normalized spacial score (nSPS) is 9.71. The van der Waals surface area contributed by atoms with E-state index >= 15 is 0 Å². The lowest BCUT2D eigenvalue weighted by atomic mass is 10.1. The molecule has 0 radical (unpaired) electrons. The lowest BCUT2D eigenvalue weighted by molar-refractivity contribution is -0.120. The molecule has 70 valence electrons. The van der Waals surface area contributed by atoms with Crippen molar-refractivity contribution in [1.29, 1.82) is 0 Å². The van der Waals surface area contributed by atoms with Gasteiger partial charge in [0.25, 0.3) is 6.47 Å². The molecular weight excluding hydrogens is 182 g/mol. The Hall–Kier alpha value is -2.10. The molecule has 1 heterocycles. The monoisotopic (exact) mass is 189 g/mol. The minimum Gasteiger partial charge on any atom is -0.423 e. The van der Waals surface area contributed by atoms with E-state index in [9.17, 15) is 4.79 Å². The molecule has 0 bridgehead atoms. The smallest absolute Gasteiger partial charge is 0.298 e. The van der Waals surface area contributed by atoms with E-state index in [2.05, 4.69) is 5.16 Å². The number of benzene rings is 1. The number of ether oxygens (including phenoxy) is 1. The van der Waals surface area contributed by atoms with E-state index in [0.717, 1.165) is 5.56 Å². The number of carbonyl (C=O) groups excluding carboxylic acids is 1. The van der Waals surface area contributed by atoms with Gasteiger partial charge in [-0.15, -0.1) is 0 Å². The predicted octanol–water partition coefficient (Wildman–Crippen LogP) is 1.88. The van der Waals surface area contributed by atoms with E-state index in [4.69, 9.17) is 9.26 Å². The van der Waals surface area contributed by atoms with E-state index in [1.807, 2.05) is 30.3 Å². The summed E-state index contributed by atoms with van der Waals surface area (Å²) < 4.78 is 9.41. The number of hydrogen-bond donors (Lipinski definition) is 0. The summed E-state index contributed by atoms with van der Waals surface area (Å²) in [7, 11) is 0. The van der Waals surface area contributed by atoms with Crippen LogP contribution >= 0.6 is 0 Å². The summed E-state index contributed by atoms with van der Waals surface area (Å²) in [5, 5.41) is 3.75. The van der Waals surface area contributed by atoms with Crippen LogP contribution < -0.4 is 4.74 Å². The van der Waals surface area contributed by atoms with Crippen LogP contribution in [0.3, 0.4) is 0 Å². The quantitative estimate of drug-likeness (QED) is 0.691. The Kier molecular flexibility index (Phi) is 2.27. The fourth-order valence-corrected chi connectivity index (χ4v) is 1.15. The van der Waals surface area contributed by atoms with Gasteiger partial charge < -0.3 is 9.26 Å². The van der Waals surface area contributed by atoms with Crippen LogP contribution in [0.2, 0.25) is 0 Å². The Balaban J connectivity index is 2.41. The topological polar surface area (TPSA) is 52.3 Å². The summed E-state index contributed by atoms with van der Waals surface area (Å²) >= 11 is 0. The lowest BCUT2D eigenvalue weighted by Gasteiger charge is -1.96. The molecule has 0 fully saturated rings. The van der Waals surface area contributed by atoms with Crippen LogP contribution in [-0.4, -0.2) is 11.6 Å². The fraction of sp³-hybridized carbons (Fsp3) is 0. The molecule has 0 spiro atoms. The first kappa shape index (κ1) is 8.50. The second-order valence-corrected chi connectivity index (χ2v) is 2.61. The van der Waals surface area contributed by atoms with Crippen molar-refractivity contribution in [3.63, 3.8) is 0 Å². The van der Waals surface area contributed by atoms with E-state index < -0.39 is 0 Å². The molecule has 0 aliphatic rings. The number of aromatic nitrogens is 1. The first-order chi connectivity index (χ1) is 6.92. The second-order valence-electron chi connectivity index (χ2n) is 2.61. The Bertz CT molecular complexity index is 422. The summed E-state index contributed by atoms with van der Waals surface area (Å²) in [6.45, 7) is 0.346. The third kappa shape index (κ3) is 1.50. The maximum absolute atomic E-state index is 10.2. The van der Waals surface area contributed by atoms with Gasteiger partial charge in [0.2, 0.25) is 0 Å². The van der Waals surface area contributed by atoms with Crippen LogP contribution in [0.5, 0.6) is 5.75 Å². The third-order valence-electron chi connectivity index (χ3n) is 1.76. The molecule has 0 saturated carbocycles. The molecule has 2 rings (SSSR count). The van der Waals surface area contributed by atoms with Crippen molar-refractivity contribution < 1.29 is 14.1 Å². The van der Waals surface area contributed by atoms with Crippen molar-refractivity contribution in [3.05, 3.63) is 36.6 Å². The molecule has 0 atom stereocenters. The van der Waals surface area contributed by atoms with E-state index in [1.54, 1.807) is 0 Å². The second kappa shape index (κ2) is 3.74. The van der Waals surface area contributed by atoms with E-state index in [-0.39, 0.29) is 0 Å². The maximum atomic E-state index is 10.2. The van der Waals surface area contributed by atoms with Crippen molar-refractivity contribution in [1.82, 2.24) is 5.16 Å². The summed E-state index contributed by atoms with van der Waals surface area (Å²) in [5.74, 6) is 0.325. The zero-order valence-electron chi connectivity index (χ0n) is 7.21. The largest absolute Gasteiger partial charge is 0.423 e. The van der Waals surface area contributed by atoms with Crippen molar-refractivity contribution >= 4 is 6.47 Å². The van der Waals surface area contributed by atoms with Gasteiger partial charge in [0, 0.05) is 5.56 Å². The molecule has 0 N–H and O–H groups in total. The Morgan fingerprint density at radius 1 is 1.29 bits per heavy atom. The van der Waals surface area contributed by atoms with Crippen LogP contribution in [0.15, 0.2) is 41.1 Å². The molecule has 1 aromatic carbocycles. The SMILES string of the molecule is O=COc1conc1-c1ccccc1. The predicted molar refractivity (Wildman–Crippen MR) is 48.6 cm³/mol. The van der Waals surface area contributed by atoms with Crippen molar-refractivity contribution in [2.24, 2.45) is 0 Å². The van der Waals surface area contributed by atoms with Crippen LogP contribution in [0.1, 0.15) is 0 Å². The number of nitrogens with zero attached hydrogens (tertiary/aromatic N) is 1. The van der Waals surface area contributed by atoms with Crippen LogP contribution in [0.25, 0.3) is 11.3 Å². The van der Waals surface area contributed by atoms with Gasteiger partial charge in [-0.25, -0.2) is 0 Å². The molecule has 14 heavy (non-hydrogen) atoms. The van der Waals surface area contributed by atoms with E-state index in [1.165, 1.54) is 6.26 Å². The molecule has 0 aliphatic carbocycles. The molecule has 0 unspecified atom stereocenters. The first-order valence-electron chi connectivity index (χ1n) is 4.02. The molecule has 0 saturated heterocycles. The summed E-state index contributed by atoms with van der Waals surface area (Å²) in [4.78, 5) is 10.2. The molecule has 1 aromatic heterocycles. The molecule has 0 amide bonds. The third-order valence-corrected chi connectivity index (χ3v) is 1.76. The standard InChI is InChI=1S/C10H7NO3/c12-7-13-9-6-14-11-10(9)8-4-2-1-3-5-8/h1-7H. The minimum absolute atomic E-state index is 0.325. The summed E-state index contributed by atoms with van der Waals surface area (Å²) in [6, 6.07) is 9.35. The zero-order chi connectivity index (χ0) is 9.80. The molecular formula is C10H7NO3. The summed E-state index contributed by atoms with van der Waals surface area (Å²) in [5.41, 5.74) is 1.37. The van der Waals surface area contributed by atoms with Gasteiger partial charge in [-0.05, 0) is 0 Å². The molecule has 0 aliphatic heterocycles. The van der Waals surface area contributed by atoms with Gasteiger partial charge in [0.05, 0.1) is 0 Å². The summed E-state index contributed by atoms with van der Waals surface area (Å²) in [6.07, 6.45) is 1.29. The Morgan fingerprint density at radius 3 is 2.79 bits per heavy atom. The Labute approximate surface area is 80.1 Å². The number of hydrogen-bond acceptors (Lipinski definition) is 4. The fourth-order valence-electron chi connectivity index (χ4n) is 1.15. The molecule has 2 aromatic rings. The van der Waals surface area contributed by atoms with Crippen molar-refractivity contribution in [3.8, 4) is 17.0 Å². The average molecular weight is 189 g/mol. The van der Waals surface area contributed by atoms with E-state index in [0.29, 0.717) is 17.9 Å². The Morgan fingerprint density at radius 2 is 2.07 bits per heavy atom. The van der Waals surface area contributed by atoms with Crippen LogP contribution in [-0.2, 0) is 4.79 Å². The molecule has 4 heteroatoms. The van der Waals surface area contributed by atoms with Crippen LogP contribution in [0.4, 0.5) is 0 Å². The van der Waals surface area contributed by atoms with Gasteiger partial charge in [-0.1, -0.05) is 35.5 Å². The van der Waals surface area contributed by atoms with Gasteiger partial charge in [-0.3, -0.25) is 4.79 Å². The number of rotatable bonds is 3. The number of carbonyl (C=O) groups is 1. The lowest BCUT2D eigenvalue weighted by Crippen LogP contribution is -1.88. The maximum Gasteiger partial charge on any atom is 0.298 e. The van der Waals surface area contributed by atoms with Gasteiger partial charge in [-0.2, -0.15) is 0 Å². The highest BCUT2D eigenvalue weighted by molar-refractivity contribution is 5.66. The van der Waals surface area contributed by atoms with Crippen LogP contribution in [0, 0.1) is 0 Å².